The molecule has 2 heterocycles. The highest BCUT2D eigenvalue weighted by Gasteiger charge is 2.29. The predicted molar refractivity (Wildman–Crippen MR) is 89.2 cm³/mol. The maximum absolute atomic E-state index is 14.1. The van der Waals surface area contributed by atoms with E-state index in [1.54, 1.807) is 0 Å². The van der Waals surface area contributed by atoms with Crippen LogP contribution < -0.4 is 5.32 Å². The van der Waals surface area contributed by atoms with Gasteiger partial charge in [0, 0.05) is 25.2 Å². The molecule has 0 spiro atoms. The van der Waals surface area contributed by atoms with Crippen LogP contribution in [0.25, 0.3) is 0 Å². The number of nitrogens with one attached hydrogen (secondary N) is 1. The SMILES string of the molecule is O=C(CCn1cncn1)Nc1ccc(F)c(S(=O)(=O)N2CCOCC2)c1. The minimum absolute atomic E-state index is 0.117. The average molecular weight is 383 g/mol. The number of aryl methyl sites for hydroxylation is 1. The fourth-order valence-electron chi connectivity index (χ4n) is 2.49. The number of nitrogens with zero attached hydrogens (tertiary/aromatic N) is 4. The molecule has 0 unspecified atom stereocenters. The molecule has 26 heavy (non-hydrogen) atoms. The summed E-state index contributed by atoms with van der Waals surface area (Å²) in [6, 6.07) is 3.48. The van der Waals surface area contributed by atoms with Crippen molar-refractivity contribution >= 4 is 21.6 Å². The third kappa shape index (κ3) is 4.23. The van der Waals surface area contributed by atoms with Crippen LogP contribution in [0.3, 0.4) is 0 Å². The van der Waals surface area contributed by atoms with E-state index in [1.165, 1.54) is 27.7 Å². The Morgan fingerprint density at radius 2 is 2.08 bits per heavy atom. The van der Waals surface area contributed by atoms with Gasteiger partial charge in [0.05, 0.1) is 19.8 Å². The van der Waals surface area contributed by atoms with Gasteiger partial charge in [-0.3, -0.25) is 9.48 Å². The molecule has 1 aromatic carbocycles. The third-order valence-electron chi connectivity index (χ3n) is 3.84. The molecule has 9 nitrogen and oxygen atoms in total. The molecule has 0 bridgehead atoms. The number of sulfonamides is 1. The number of hydrogen-bond donors (Lipinski definition) is 1. The van der Waals surface area contributed by atoms with Crippen molar-refractivity contribution in [3.8, 4) is 0 Å². The lowest BCUT2D eigenvalue weighted by molar-refractivity contribution is -0.116. The fraction of sp³-hybridized carbons (Fsp3) is 0.400. The first-order valence-electron chi connectivity index (χ1n) is 7.96. The summed E-state index contributed by atoms with van der Waals surface area (Å²) in [4.78, 5) is 15.3. The number of aromatic nitrogens is 3. The highest BCUT2D eigenvalue weighted by molar-refractivity contribution is 7.89. The zero-order valence-corrected chi connectivity index (χ0v) is 14.7. The summed E-state index contributed by atoms with van der Waals surface area (Å²) < 4.78 is 47.2. The molecule has 0 radical (unpaired) electrons. The maximum atomic E-state index is 14.1. The number of hydrogen-bond acceptors (Lipinski definition) is 6. The molecular weight excluding hydrogens is 365 g/mol. The van der Waals surface area contributed by atoms with Crippen molar-refractivity contribution in [2.75, 3.05) is 31.6 Å². The number of rotatable bonds is 6. The van der Waals surface area contributed by atoms with Crippen LogP contribution in [0.15, 0.2) is 35.7 Å². The Kier molecular flexibility index (Phi) is 5.59. The number of anilines is 1. The van der Waals surface area contributed by atoms with Gasteiger partial charge in [-0.1, -0.05) is 0 Å². The molecule has 1 fully saturated rings. The Balaban J connectivity index is 1.71. The van der Waals surface area contributed by atoms with E-state index in [-0.39, 0.29) is 44.3 Å². The Labute approximate surface area is 149 Å². The Bertz CT molecular complexity index is 866. The summed E-state index contributed by atoms with van der Waals surface area (Å²) in [5.41, 5.74) is 0.210. The minimum Gasteiger partial charge on any atom is -0.379 e. The molecule has 1 aliphatic heterocycles. The Morgan fingerprint density at radius 1 is 1.31 bits per heavy atom. The van der Waals surface area contributed by atoms with E-state index in [2.05, 4.69) is 15.4 Å². The van der Waals surface area contributed by atoms with Gasteiger partial charge < -0.3 is 10.1 Å². The summed E-state index contributed by atoms with van der Waals surface area (Å²) in [7, 11) is -3.99. The van der Waals surface area contributed by atoms with Crippen molar-refractivity contribution in [1.82, 2.24) is 19.1 Å². The summed E-state index contributed by atoms with van der Waals surface area (Å²) in [6.45, 7) is 1.18. The fourth-order valence-corrected chi connectivity index (χ4v) is 3.99. The van der Waals surface area contributed by atoms with Crippen LogP contribution in [0.2, 0.25) is 0 Å². The van der Waals surface area contributed by atoms with Crippen molar-refractivity contribution in [2.45, 2.75) is 17.9 Å². The van der Waals surface area contributed by atoms with Crippen LogP contribution in [-0.4, -0.2) is 59.7 Å². The predicted octanol–water partition coefficient (Wildman–Crippen LogP) is 0.467. The van der Waals surface area contributed by atoms with Gasteiger partial charge in [0.15, 0.2) is 0 Å². The first kappa shape index (κ1) is 18.4. The van der Waals surface area contributed by atoms with Gasteiger partial charge >= 0.3 is 0 Å². The van der Waals surface area contributed by atoms with E-state index < -0.39 is 20.7 Å². The first-order chi connectivity index (χ1) is 12.5. The van der Waals surface area contributed by atoms with Gasteiger partial charge in [-0.15, -0.1) is 0 Å². The second-order valence-electron chi connectivity index (χ2n) is 5.62. The zero-order chi connectivity index (χ0) is 18.6. The van der Waals surface area contributed by atoms with Gasteiger partial charge in [0.2, 0.25) is 15.9 Å². The van der Waals surface area contributed by atoms with Gasteiger partial charge in [-0.05, 0) is 18.2 Å². The lowest BCUT2D eigenvalue weighted by Gasteiger charge is -2.26. The summed E-state index contributed by atoms with van der Waals surface area (Å²) in [5.74, 6) is -1.21. The van der Waals surface area contributed by atoms with E-state index in [9.17, 15) is 17.6 Å². The number of carbonyl (C=O) groups excluding carboxylic acids is 1. The summed E-state index contributed by atoms with van der Waals surface area (Å²) in [5, 5.41) is 6.46. The van der Waals surface area contributed by atoms with Crippen molar-refractivity contribution < 1.29 is 22.3 Å². The lowest BCUT2D eigenvalue weighted by Crippen LogP contribution is -2.40. The van der Waals surface area contributed by atoms with Gasteiger partial charge in [0.25, 0.3) is 0 Å². The lowest BCUT2D eigenvalue weighted by atomic mass is 10.3. The molecule has 140 valence electrons. The minimum atomic E-state index is -3.99. The van der Waals surface area contributed by atoms with Gasteiger partial charge in [0.1, 0.15) is 23.4 Å². The van der Waals surface area contributed by atoms with Gasteiger partial charge in [-0.2, -0.15) is 9.40 Å². The van der Waals surface area contributed by atoms with Crippen LogP contribution in [0.1, 0.15) is 6.42 Å². The van der Waals surface area contributed by atoms with E-state index in [0.29, 0.717) is 6.54 Å². The average Bonchev–Trinajstić information content (AvgIpc) is 3.16. The summed E-state index contributed by atoms with van der Waals surface area (Å²) in [6.07, 6.45) is 2.96. The molecule has 1 amide bonds. The standard InChI is InChI=1S/C15H18FN5O4S/c16-13-2-1-12(19-15(22)3-4-20-11-17-10-18-20)9-14(13)26(23,24)21-5-7-25-8-6-21/h1-2,9-11H,3-8H2,(H,19,22). The Morgan fingerprint density at radius 3 is 2.77 bits per heavy atom. The molecule has 2 aromatic rings. The smallest absolute Gasteiger partial charge is 0.246 e. The van der Waals surface area contributed by atoms with E-state index in [1.807, 2.05) is 0 Å². The molecule has 3 rings (SSSR count). The van der Waals surface area contributed by atoms with Gasteiger partial charge in [-0.25, -0.2) is 17.8 Å². The normalized spacial score (nSPS) is 15.7. The second-order valence-corrected chi connectivity index (χ2v) is 7.52. The molecule has 0 aliphatic carbocycles. The van der Waals surface area contributed by atoms with Crippen molar-refractivity contribution in [3.05, 3.63) is 36.7 Å². The van der Waals surface area contributed by atoms with Crippen molar-refractivity contribution in [1.29, 1.82) is 0 Å². The molecule has 1 saturated heterocycles. The number of halogens is 1. The number of ether oxygens (including phenoxy) is 1. The molecule has 11 heteroatoms. The molecule has 1 N–H and O–H groups in total. The van der Waals surface area contributed by atoms with Crippen LogP contribution >= 0.6 is 0 Å². The molecule has 0 atom stereocenters. The van der Waals surface area contributed by atoms with Crippen molar-refractivity contribution in [3.63, 3.8) is 0 Å². The summed E-state index contributed by atoms with van der Waals surface area (Å²) >= 11 is 0. The van der Waals surface area contributed by atoms with Crippen LogP contribution in [0.5, 0.6) is 0 Å². The highest BCUT2D eigenvalue weighted by atomic mass is 32.2. The highest BCUT2D eigenvalue weighted by Crippen LogP contribution is 2.24. The number of amides is 1. The molecule has 1 aromatic heterocycles. The quantitative estimate of drug-likeness (QED) is 0.777. The van der Waals surface area contributed by atoms with E-state index >= 15 is 0 Å². The molecular formula is C15H18FN5O4S. The number of benzene rings is 1. The van der Waals surface area contributed by atoms with Crippen LogP contribution in [0, 0.1) is 5.82 Å². The molecule has 0 saturated carbocycles. The topological polar surface area (TPSA) is 106 Å². The second kappa shape index (κ2) is 7.89. The monoisotopic (exact) mass is 383 g/mol. The van der Waals surface area contributed by atoms with Crippen LogP contribution in [0.4, 0.5) is 10.1 Å². The Hall–Kier alpha value is -2.37. The van der Waals surface area contributed by atoms with E-state index in [0.717, 1.165) is 12.1 Å². The van der Waals surface area contributed by atoms with Crippen LogP contribution in [-0.2, 0) is 26.1 Å². The van der Waals surface area contributed by atoms with Crippen molar-refractivity contribution in [2.24, 2.45) is 0 Å². The largest absolute Gasteiger partial charge is 0.379 e. The maximum Gasteiger partial charge on any atom is 0.246 e. The van der Waals surface area contributed by atoms with E-state index in [4.69, 9.17) is 4.74 Å². The third-order valence-corrected chi connectivity index (χ3v) is 5.75. The number of morpholine rings is 1. The molecule has 1 aliphatic rings. The first-order valence-corrected chi connectivity index (χ1v) is 9.40. The number of carbonyl (C=O) groups is 1. The zero-order valence-electron chi connectivity index (χ0n) is 13.8.